The second kappa shape index (κ2) is 10.7. The minimum Gasteiger partial charge on any atom is -0.356 e. The van der Waals surface area contributed by atoms with Crippen LogP contribution < -0.4 is 15.5 Å². The van der Waals surface area contributed by atoms with Crippen molar-refractivity contribution in [3.8, 4) is 0 Å². The zero-order chi connectivity index (χ0) is 18.3. The molecule has 0 saturated carbocycles. The fraction of sp³-hybridized carbons (Fsp3) is 0.474. The van der Waals surface area contributed by atoms with Crippen LogP contribution in [0.15, 0.2) is 40.7 Å². The molecule has 1 aromatic heterocycles. The van der Waals surface area contributed by atoms with E-state index in [4.69, 9.17) is 0 Å². The SMILES string of the molecule is CN=C(NCc1csc(N(C)C)n1)NCC(C)(C)Cc1ccccc1.I. The summed E-state index contributed by atoms with van der Waals surface area (Å²) >= 11 is 1.65. The summed E-state index contributed by atoms with van der Waals surface area (Å²) in [6.45, 7) is 6.05. The first-order chi connectivity index (χ1) is 11.9. The van der Waals surface area contributed by atoms with Crippen LogP contribution in [0.25, 0.3) is 0 Å². The Labute approximate surface area is 178 Å². The van der Waals surface area contributed by atoms with Gasteiger partial charge in [0.15, 0.2) is 11.1 Å². The molecule has 2 N–H and O–H groups in total. The van der Waals surface area contributed by atoms with E-state index in [1.54, 1.807) is 18.4 Å². The molecule has 1 aromatic carbocycles. The Hall–Kier alpha value is -1.35. The van der Waals surface area contributed by atoms with Gasteiger partial charge in [0.2, 0.25) is 0 Å². The molecular weight excluding hydrogens is 457 g/mol. The van der Waals surface area contributed by atoms with Gasteiger partial charge in [0, 0.05) is 33.1 Å². The number of aliphatic imine (C=N–C) groups is 1. The van der Waals surface area contributed by atoms with Crippen molar-refractivity contribution in [2.45, 2.75) is 26.8 Å². The third kappa shape index (κ3) is 7.49. The highest BCUT2D eigenvalue weighted by Crippen LogP contribution is 2.21. The molecule has 0 aliphatic heterocycles. The topological polar surface area (TPSA) is 52.6 Å². The van der Waals surface area contributed by atoms with E-state index in [1.807, 2.05) is 19.0 Å². The normalized spacial score (nSPS) is 11.7. The number of hydrogen-bond donors (Lipinski definition) is 2. The largest absolute Gasteiger partial charge is 0.356 e. The van der Waals surface area contributed by atoms with Crippen molar-refractivity contribution in [3.63, 3.8) is 0 Å². The van der Waals surface area contributed by atoms with Crippen LogP contribution in [0.1, 0.15) is 25.1 Å². The summed E-state index contributed by atoms with van der Waals surface area (Å²) in [5.41, 5.74) is 2.52. The molecule has 7 heteroatoms. The van der Waals surface area contributed by atoms with Gasteiger partial charge in [0.05, 0.1) is 12.2 Å². The maximum atomic E-state index is 4.58. The van der Waals surface area contributed by atoms with Crippen LogP contribution in [0.4, 0.5) is 5.13 Å². The Morgan fingerprint density at radius 3 is 2.46 bits per heavy atom. The summed E-state index contributed by atoms with van der Waals surface area (Å²) in [6.07, 6.45) is 1.02. The number of nitrogens with zero attached hydrogens (tertiary/aromatic N) is 3. The third-order valence-electron chi connectivity index (χ3n) is 3.84. The summed E-state index contributed by atoms with van der Waals surface area (Å²) in [5.74, 6) is 0.806. The Balaban J connectivity index is 0.00000338. The van der Waals surface area contributed by atoms with E-state index in [0.29, 0.717) is 6.54 Å². The molecule has 0 unspecified atom stereocenters. The molecule has 144 valence electrons. The molecule has 0 radical (unpaired) electrons. The van der Waals surface area contributed by atoms with Gasteiger partial charge in [0.1, 0.15) is 0 Å². The number of benzene rings is 1. The molecule has 26 heavy (non-hydrogen) atoms. The van der Waals surface area contributed by atoms with Crippen molar-refractivity contribution < 1.29 is 0 Å². The van der Waals surface area contributed by atoms with Gasteiger partial charge >= 0.3 is 0 Å². The van der Waals surface area contributed by atoms with Crippen molar-refractivity contribution in [1.82, 2.24) is 15.6 Å². The molecule has 0 saturated heterocycles. The van der Waals surface area contributed by atoms with Crippen molar-refractivity contribution in [2.24, 2.45) is 10.4 Å². The molecule has 0 aliphatic rings. The lowest BCUT2D eigenvalue weighted by Crippen LogP contribution is -2.42. The summed E-state index contributed by atoms with van der Waals surface area (Å²) in [6, 6.07) is 10.6. The quantitative estimate of drug-likeness (QED) is 0.355. The summed E-state index contributed by atoms with van der Waals surface area (Å²) in [4.78, 5) is 10.9. The van der Waals surface area contributed by atoms with Crippen LogP contribution in [0.5, 0.6) is 0 Å². The molecule has 0 bridgehead atoms. The maximum Gasteiger partial charge on any atom is 0.191 e. The monoisotopic (exact) mass is 487 g/mol. The van der Waals surface area contributed by atoms with Crippen molar-refractivity contribution in [1.29, 1.82) is 0 Å². The van der Waals surface area contributed by atoms with Crippen molar-refractivity contribution in [2.75, 3.05) is 32.6 Å². The Morgan fingerprint density at radius 2 is 1.88 bits per heavy atom. The molecular formula is C19H30IN5S. The summed E-state index contributed by atoms with van der Waals surface area (Å²) in [7, 11) is 5.81. The molecule has 0 fully saturated rings. The van der Waals surface area contributed by atoms with E-state index in [-0.39, 0.29) is 29.4 Å². The first-order valence-corrected chi connectivity index (χ1v) is 9.38. The Morgan fingerprint density at radius 1 is 1.19 bits per heavy atom. The number of rotatable bonds is 7. The predicted octanol–water partition coefficient (Wildman–Crippen LogP) is 3.76. The Bertz CT molecular complexity index is 682. The van der Waals surface area contributed by atoms with E-state index in [9.17, 15) is 0 Å². The smallest absolute Gasteiger partial charge is 0.191 e. The van der Waals surface area contributed by atoms with Crippen LogP contribution in [0, 0.1) is 5.41 Å². The lowest BCUT2D eigenvalue weighted by atomic mass is 9.86. The lowest BCUT2D eigenvalue weighted by molar-refractivity contribution is 0.359. The van der Waals surface area contributed by atoms with E-state index in [0.717, 1.165) is 29.8 Å². The van der Waals surface area contributed by atoms with Gasteiger partial charge in [-0.05, 0) is 17.4 Å². The van der Waals surface area contributed by atoms with E-state index in [2.05, 4.69) is 70.2 Å². The average molecular weight is 487 g/mol. The maximum absolute atomic E-state index is 4.58. The number of hydrogen-bond acceptors (Lipinski definition) is 4. The summed E-state index contributed by atoms with van der Waals surface area (Å²) in [5, 5.41) is 9.87. The van der Waals surface area contributed by atoms with E-state index >= 15 is 0 Å². The van der Waals surface area contributed by atoms with Crippen LogP contribution in [-0.2, 0) is 13.0 Å². The summed E-state index contributed by atoms with van der Waals surface area (Å²) < 4.78 is 0. The fourth-order valence-electron chi connectivity index (χ4n) is 2.51. The van der Waals surface area contributed by atoms with Gasteiger partial charge < -0.3 is 15.5 Å². The van der Waals surface area contributed by atoms with Crippen LogP contribution >= 0.6 is 35.3 Å². The van der Waals surface area contributed by atoms with Crippen LogP contribution in [0.3, 0.4) is 0 Å². The fourth-order valence-corrected chi connectivity index (χ4v) is 3.27. The first kappa shape index (κ1) is 22.7. The van der Waals surface area contributed by atoms with Gasteiger partial charge in [-0.15, -0.1) is 35.3 Å². The highest BCUT2D eigenvalue weighted by atomic mass is 127. The minimum atomic E-state index is 0. The zero-order valence-electron chi connectivity index (χ0n) is 16.2. The number of nitrogens with one attached hydrogen (secondary N) is 2. The number of aromatic nitrogens is 1. The van der Waals surface area contributed by atoms with Crippen LogP contribution in [-0.4, -0.2) is 38.6 Å². The first-order valence-electron chi connectivity index (χ1n) is 8.50. The minimum absolute atomic E-state index is 0. The number of thiazole rings is 1. The van der Waals surface area contributed by atoms with Gasteiger partial charge in [-0.2, -0.15) is 0 Å². The van der Waals surface area contributed by atoms with Gasteiger partial charge in [-0.1, -0.05) is 44.2 Å². The molecule has 1 heterocycles. The molecule has 5 nitrogen and oxygen atoms in total. The van der Waals surface area contributed by atoms with Gasteiger partial charge in [-0.25, -0.2) is 4.98 Å². The molecule has 2 aromatic rings. The second-order valence-electron chi connectivity index (χ2n) is 7.12. The standard InChI is InChI=1S/C19H29N5S.HI/c1-19(2,11-15-9-7-6-8-10-15)14-22-17(20-3)21-12-16-13-25-18(23-16)24(4)5;/h6-10,13H,11-12,14H2,1-5H3,(H2,20,21,22);1H. The molecule has 0 amide bonds. The second-order valence-corrected chi connectivity index (χ2v) is 7.96. The van der Waals surface area contributed by atoms with Gasteiger partial charge in [-0.3, -0.25) is 4.99 Å². The molecule has 0 aliphatic carbocycles. The van der Waals surface area contributed by atoms with Crippen molar-refractivity contribution >= 4 is 46.4 Å². The van der Waals surface area contributed by atoms with Crippen molar-refractivity contribution in [3.05, 3.63) is 47.0 Å². The zero-order valence-corrected chi connectivity index (χ0v) is 19.4. The number of halogens is 1. The van der Waals surface area contributed by atoms with E-state index < -0.39 is 0 Å². The van der Waals surface area contributed by atoms with Crippen LogP contribution in [0.2, 0.25) is 0 Å². The van der Waals surface area contributed by atoms with E-state index in [1.165, 1.54) is 5.56 Å². The predicted molar refractivity (Wildman–Crippen MR) is 124 cm³/mol. The molecule has 0 atom stereocenters. The molecule has 2 rings (SSSR count). The average Bonchev–Trinajstić information content (AvgIpc) is 3.05. The lowest BCUT2D eigenvalue weighted by Gasteiger charge is -2.26. The molecule has 0 spiro atoms. The highest BCUT2D eigenvalue weighted by Gasteiger charge is 2.19. The Kier molecular flexibility index (Phi) is 9.35. The third-order valence-corrected chi connectivity index (χ3v) is 4.90. The van der Waals surface area contributed by atoms with Gasteiger partial charge in [0.25, 0.3) is 0 Å². The number of guanidine groups is 1. The number of anilines is 1. The highest BCUT2D eigenvalue weighted by molar-refractivity contribution is 14.0.